The lowest BCUT2D eigenvalue weighted by atomic mass is 9.75. The summed E-state index contributed by atoms with van der Waals surface area (Å²) in [6.07, 6.45) is 1.51. The van der Waals surface area contributed by atoms with E-state index in [0.717, 1.165) is 41.1 Å². The number of ether oxygens (including phenoxy) is 4. The molecule has 1 amide bonds. The Morgan fingerprint density at radius 2 is 1.67 bits per heavy atom. The van der Waals surface area contributed by atoms with Crippen LogP contribution in [0.2, 0.25) is 0 Å². The number of hydrogen-bond donors (Lipinski definition) is 2. The third-order valence-electron chi connectivity index (χ3n) is 8.51. The number of aromatic nitrogens is 1. The maximum atomic E-state index is 13.6. The molecule has 4 aromatic rings. The summed E-state index contributed by atoms with van der Waals surface area (Å²) in [4.78, 5) is 18.6. The zero-order chi connectivity index (χ0) is 30.3. The molecule has 1 aromatic heterocycles. The topological polar surface area (TPSA) is 93.3 Å². The molecular formula is C35H44N2O6. The Morgan fingerprint density at radius 1 is 0.953 bits per heavy atom. The van der Waals surface area contributed by atoms with Crippen LogP contribution >= 0.6 is 0 Å². The van der Waals surface area contributed by atoms with Crippen molar-refractivity contribution in [1.29, 1.82) is 0 Å². The quantitative estimate of drug-likeness (QED) is 0.184. The van der Waals surface area contributed by atoms with E-state index in [1.807, 2.05) is 66.7 Å². The molecule has 8 heteroatoms. The van der Waals surface area contributed by atoms with Crippen LogP contribution in [0.15, 0.2) is 66.7 Å². The molecule has 0 spiro atoms. The molecule has 0 radical (unpaired) electrons. The molecule has 1 saturated carbocycles. The molecule has 230 valence electrons. The Balaban J connectivity index is 1.28. The molecule has 0 bridgehead atoms. The highest BCUT2D eigenvalue weighted by atomic mass is 16.6. The van der Waals surface area contributed by atoms with Gasteiger partial charge in [0, 0.05) is 16.3 Å². The molecule has 0 aliphatic heterocycles. The Kier molecular flexibility index (Phi) is 9.97. The van der Waals surface area contributed by atoms with Crippen molar-refractivity contribution in [3.05, 3.63) is 66.7 Å². The zero-order valence-electron chi connectivity index (χ0n) is 25.6. The SMILES string of the molecule is COc1ccccc1OCCN(C[C@@H](O)COc1cccc2[nH]c3ccccc3c12)C(=O)O[C@@H]1C[C@H](C)CC[C@H]1C(C)C. The van der Waals surface area contributed by atoms with Gasteiger partial charge in [-0.3, -0.25) is 0 Å². The van der Waals surface area contributed by atoms with E-state index in [0.29, 0.717) is 35.0 Å². The van der Waals surface area contributed by atoms with E-state index in [2.05, 4.69) is 25.8 Å². The van der Waals surface area contributed by atoms with Crippen LogP contribution in [0.1, 0.15) is 40.0 Å². The Bertz CT molecular complexity index is 1500. The molecule has 1 aliphatic carbocycles. The molecule has 5 rings (SSSR count). The van der Waals surface area contributed by atoms with Crippen molar-refractivity contribution in [1.82, 2.24) is 9.88 Å². The fourth-order valence-electron chi connectivity index (χ4n) is 6.20. The first-order valence-electron chi connectivity index (χ1n) is 15.4. The molecule has 2 N–H and O–H groups in total. The number of para-hydroxylation sites is 3. The summed E-state index contributed by atoms with van der Waals surface area (Å²) in [5.41, 5.74) is 1.99. The number of H-pyrrole nitrogens is 1. The van der Waals surface area contributed by atoms with Gasteiger partial charge in [-0.05, 0) is 60.9 Å². The maximum absolute atomic E-state index is 13.6. The highest BCUT2D eigenvalue weighted by molar-refractivity contribution is 6.10. The summed E-state index contributed by atoms with van der Waals surface area (Å²) in [5, 5.41) is 13.1. The second kappa shape index (κ2) is 14.0. The highest BCUT2D eigenvalue weighted by Crippen LogP contribution is 2.36. The number of methoxy groups -OCH3 is 1. The number of aliphatic hydroxyl groups is 1. The molecule has 3 aromatic carbocycles. The summed E-state index contributed by atoms with van der Waals surface area (Å²) in [6, 6.07) is 21.3. The molecule has 0 unspecified atom stereocenters. The second-order valence-electron chi connectivity index (χ2n) is 12.0. The van der Waals surface area contributed by atoms with Gasteiger partial charge >= 0.3 is 6.09 Å². The first kappa shape index (κ1) is 30.5. The smallest absolute Gasteiger partial charge is 0.410 e. The number of nitrogens with zero attached hydrogens (tertiary/aromatic N) is 1. The minimum Gasteiger partial charge on any atom is -0.493 e. The van der Waals surface area contributed by atoms with Gasteiger partial charge in [-0.1, -0.05) is 63.6 Å². The number of hydrogen-bond acceptors (Lipinski definition) is 6. The average molecular weight is 589 g/mol. The summed E-state index contributed by atoms with van der Waals surface area (Å²) in [5.74, 6) is 3.12. The highest BCUT2D eigenvalue weighted by Gasteiger charge is 2.35. The van der Waals surface area contributed by atoms with Crippen LogP contribution in [-0.2, 0) is 4.74 Å². The van der Waals surface area contributed by atoms with Crippen molar-refractivity contribution in [2.45, 2.75) is 52.2 Å². The van der Waals surface area contributed by atoms with E-state index >= 15 is 0 Å². The Labute approximate surface area is 253 Å². The first-order chi connectivity index (χ1) is 20.8. The largest absolute Gasteiger partial charge is 0.493 e. The van der Waals surface area contributed by atoms with E-state index in [9.17, 15) is 9.90 Å². The molecule has 8 nitrogen and oxygen atoms in total. The standard InChI is InChI=1S/C35H44N2O6/c1-23(2)26-17-16-24(3)20-33(26)43-35(39)37(18-19-41-31-14-8-7-13-30(31)40-4)21-25(38)22-42-32-15-9-12-29-34(32)27-10-5-6-11-28(27)36-29/h5-15,23-26,33,36,38H,16-22H2,1-4H3/t24-,25-,26+,33-/m1/s1. The van der Waals surface area contributed by atoms with Gasteiger partial charge in [0.05, 0.1) is 25.7 Å². The number of carbonyl (C=O) groups excluding carboxylic acids is 1. The number of amides is 1. The molecule has 1 heterocycles. The number of aliphatic hydroxyl groups excluding tert-OH is 1. The fraction of sp³-hybridized carbons (Fsp3) is 0.457. The van der Waals surface area contributed by atoms with E-state index in [-0.39, 0.29) is 32.4 Å². The van der Waals surface area contributed by atoms with E-state index in [1.54, 1.807) is 7.11 Å². The third kappa shape index (κ3) is 7.36. The van der Waals surface area contributed by atoms with Gasteiger partial charge in [0.2, 0.25) is 0 Å². The number of benzene rings is 3. The van der Waals surface area contributed by atoms with Gasteiger partial charge in [-0.15, -0.1) is 0 Å². The van der Waals surface area contributed by atoms with Gasteiger partial charge < -0.3 is 33.9 Å². The summed E-state index contributed by atoms with van der Waals surface area (Å²) in [6.45, 7) is 7.11. The van der Waals surface area contributed by atoms with Crippen molar-refractivity contribution in [2.24, 2.45) is 17.8 Å². The summed E-state index contributed by atoms with van der Waals surface area (Å²) in [7, 11) is 1.59. The molecule has 1 fully saturated rings. The zero-order valence-corrected chi connectivity index (χ0v) is 25.6. The predicted molar refractivity (Wildman–Crippen MR) is 169 cm³/mol. The lowest BCUT2D eigenvalue weighted by Crippen LogP contribution is -2.45. The van der Waals surface area contributed by atoms with E-state index in [1.165, 1.54) is 4.90 Å². The van der Waals surface area contributed by atoms with Gasteiger partial charge in [0.15, 0.2) is 11.5 Å². The van der Waals surface area contributed by atoms with Crippen LogP contribution in [0.4, 0.5) is 4.79 Å². The predicted octanol–water partition coefficient (Wildman–Crippen LogP) is 7.05. The average Bonchev–Trinajstić information content (AvgIpc) is 3.39. The molecule has 43 heavy (non-hydrogen) atoms. The van der Waals surface area contributed by atoms with Gasteiger partial charge in [0.1, 0.15) is 31.2 Å². The van der Waals surface area contributed by atoms with Crippen molar-refractivity contribution < 1.29 is 28.8 Å². The van der Waals surface area contributed by atoms with E-state index < -0.39 is 12.2 Å². The van der Waals surface area contributed by atoms with Crippen molar-refractivity contribution in [3.8, 4) is 17.2 Å². The van der Waals surface area contributed by atoms with Crippen molar-refractivity contribution >= 4 is 27.9 Å². The fourth-order valence-corrected chi connectivity index (χ4v) is 6.20. The third-order valence-corrected chi connectivity index (χ3v) is 8.51. The molecular weight excluding hydrogens is 544 g/mol. The minimum absolute atomic E-state index is 0.0187. The van der Waals surface area contributed by atoms with Gasteiger partial charge in [0.25, 0.3) is 0 Å². The van der Waals surface area contributed by atoms with Crippen LogP contribution in [0.3, 0.4) is 0 Å². The normalized spacial score (nSPS) is 19.3. The first-order valence-corrected chi connectivity index (χ1v) is 15.4. The summed E-state index contributed by atoms with van der Waals surface area (Å²) < 4.78 is 23.7. The number of nitrogens with one attached hydrogen (secondary N) is 1. The second-order valence-corrected chi connectivity index (χ2v) is 12.0. The Hall–Kier alpha value is -3.91. The van der Waals surface area contributed by atoms with Gasteiger partial charge in [-0.25, -0.2) is 4.79 Å². The van der Waals surface area contributed by atoms with Gasteiger partial charge in [-0.2, -0.15) is 0 Å². The van der Waals surface area contributed by atoms with Crippen molar-refractivity contribution in [2.75, 3.05) is 33.4 Å². The van der Waals surface area contributed by atoms with Crippen LogP contribution < -0.4 is 14.2 Å². The minimum atomic E-state index is -0.939. The van der Waals surface area contributed by atoms with E-state index in [4.69, 9.17) is 18.9 Å². The van der Waals surface area contributed by atoms with Crippen LogP contribution in [-0.4, -0.2) is 66.7 Å². The lowest BCUT2D eigenvalue weighted by Gasteiger charge is -2.38. The number of aromatic amines is 1. The van der Waals surface area contributed by atoms with Crippen LogP contribution in [0.25, 0.3) is 21.8 Å². The lowest BCUT2D eigenvalue weighted by molar-refractivity contribution is -0.0190. The molecule has 0 saturated heterocycles. The monoisotopic (exact) mass is 588 g/mol. The Morgan fingerprint density at radius 3 is 2.47 bits per heavy atom. The number of fused-ring (bicyclic) bond motifs is 3. The maximum Gasteiger partial charge on any atom is 0.410 e. The number of rotatable bonds is 12. The van der Waals surface area contributed by atoms with Crippen molar-refractivity contribution in [3.63, 3.8) is 0 Å². The number of carbonyl (C=O) groups is 1. The van der Waals surface area contributed by atoms with Crippen LogP contribution in [0.5, 0.6) is 17.2 Å². The molecule has 4 atom stereocenters. The summed E-state index contributed by atoms with van der Waals surface area (Å²) >= 11 is 0. The van der Waals surface area contributed by atoms with Crippen LogP contribution in [0, 0.1) is 17.8 Å². The molecule has 1 aliphatic rings.